The molecule has 0 fully saturated rings. The van der Waals surface area contributed by atoms with Gasteiger partial charge < -0.3 is 19.7 Å². The molecule has 84 valence electrons. The number of hydrogen-bond acceptors (Lipinski definition) is 4. The second-order valence-corrected chi connectivity index (χ2v) is 1.67. The van der Waals surface area contributed by atoms with Gasteiger partial charge in [-0.25, -0.2) is 18.4 Å². The number of hydrogen-bond donors (Lipinski definition) is 2. The third-order valence-corrected chi connectivity index (χ3v) is 0.589. The average Bonchev–Trinajstić information content (AvgIpc) is 2.00. The first-order chi connectivity index (χ1) is 6.40. The molecule has 2 N–H and O–H groups in total. The molecule has 0 aromatic heterocycles. The summed E-state index contributed by atoms with van der Waals surface area (Å²) >= 11 is 0. The average molecular weight is 216 g/mol. The minimum atomic E-state index is -2.63. The molecule has 0 spiro atoms. The van der Waals surface area contributed by atoms with Crippen LogP contribution in [0.1, 0.15) is 6.92 Å². The topological polar surface area (TPSA) is 93.1 Å². The fourth-order valence-corrected chi connectivity index (χ4v) is 0.291. The van der Waals surface area contributed by atoms with Crippen molar-refractivity contribution in [1.29, 1.82) is 0 Å². The summed E-state index contributed by atoms with van der Waals surface area (Å²) in [6, 6.07) is 0. The van der Waals surface area contributed by atoms with E-state index in [1.807, 2.05) is 0 Å². The molecule has 0 rings (SSSR count). The van der Waals surface area contributed by atoms with Gasteiger partial charge in [-0.1, -0.05) is 0 Å². The van der Waals surface area contributed by atoms with Gasteiger partial charge in [-0.15, -0.1) is 0 Å². The van der Waals surface area contributed by atoms with Crippen molar-refractivity contribution in [2.45, 2.75) is 13.3 Å². The van der Waals surface area contributed by atoms with Crippen LogP contribution in [0.3, 0.4) is 0 Å². The molecule has 0 saturated carbocycles. The number of carbonyl (C=O) groups excluding carboxylic acids is 1. The number of carboxylic acid groups (broad SMARTS) is 2. The van der Waals surface area contributed by atoms with Crippen LogP contribution in [-0.2, 0) is 9.47 Å². The maximum absolute atomic E-state index is 11.3. The predicted molar refractivity (Wildman–Crippen MR) is 39.6 cm³/mol. The maximum atomic E-state index is 11.3. The van der Waals surface area contributed by atoms with E-state index in [4.69, 9.17) is 15.0 Å². The SMILES string of the molecule is CCOC(=O)OCC(F)F.O=C(O)O. The fraction of sp³-hybridized carbons (Fsp3) is 0.667. The van der Waals surface area contributed by atoms with E-state index in [9.17, 15) is 13.6 Å². The molecular weight excluding hydrogens is 206 g/mol. The molecule has 0 radical (unpaired) electrons. The Morgan fingerprint density at radius 1 is 1.29 bits per heavy atom. The zero-order valence-corrected chi connectivity index (χ0v) is 7.27. The Labute approximate surface area is 78.0 Å². The lowest BCUT2D eigenvalue weighted by molar-refractivity contribution is 0.00918. The van der Waals surface area contributed by atoms with Crippen LogP contribution in [0.5, 0.6) is 0 Å². The summed E-state index contributed by atoms with van der Waals surface area (Å²) in [5, 5.41) is 13.9. The minimum absolute atomic E-state index is 0.127. The van der Waals surface area contributed by atoms with Crippen LogP contribution in [-0.4, -0.2) is 42.2 Å². The largest absolute Gasteiger partial charge is 0.508 e. The van der Waals surface area contributed by atoms with Crippen LogP contribution in [0, 0.1) is 0 Å². The quantitative estimate of drug-likeness (QED) is 0.696. The number of halogens is 2. The highest BCUT2D eigenvalue weighted by atomic mass is 19.3. The van der Waals surface area contributed by atoms with Crippen molar-refractivity contribution in [3.05, 3.63) is 0 Å². The van der Waals surface area contributed by atoms with Crippen molar-refractivity contribution in [1.82, 2.24) is 0 Å². The summed E-state index contributed by atoms with van der Waals surface area (Å²) in [6.45, 7) is 0.782. The van der Waals surface area contributed by atoms with Gasteiger partial charge in [0.1, 0.15) is 0 Å². The van der Waals surface area contributed by atoms with Gasteiger partial charge in [-0.3, -0.25) is 0 Å². The van der Waals surface area contributed by atoms with Crippen LogP contribution >= 0.6 is 0 Å². The van der Waals surface area contributed by atoms with Gasteiger partial charge in [0.2, 0.25) is 0 Å². The highest BCUT2D eigenvalue weighted by Gasteiger charge is 2.07. The van der Waals surface area contributed by atoms with Gasteiger partial charge in [-0.2, -0.15) is 0 Å². The molecule has 0 aliphatic heterocycles. The van der Waals surface area contributed by atoms with Crippen molar-refractivity contribution in [3.63, 3.8) is 0 Å². The number of rotatable bonds is 3. The molecule has 6 nitrogen and oxygen atoms in total. The number of carbonyl (C=O) groups is 2. The van der Waals surface area contributed by atoms with Crippen LogP contribution in [0.25, 0.3) is 0 Å². The Kier molecular flexibility index (Phi) is 10.1. The van der Waals surface area contributed by atoms with Crippen molar-refractivity contribution >= 4 is 12.3 Å². The zero-order chi connectivity index (χ0) is 11.6. The first-order valence-corrected chi connectivity index (χ1v) is 3.39. The lowest BCUT2D eigenvalue weighted by Crippen LogP contribution is -2.12. The van der Waals surface area contributed by atoms with Crippen LogP contribution in [0.4, 0.5) is 18.4 Å². The van der Waals surface area contributed by atoms with E-state index in [1.54, 1.807) is 6.92 Å². The molecule has 0 bridgehead atoms. The molecular formula is C6H10F2O6. The van der Waals surface area contributed by atoms with E-state index in [0.717, 1.165) is 0 Å². The first-order valence-electron chi connectivity index (χ1n) is 3.39. The van der Waals surface area contributed by atoms with E-state index in [1.165, 1.54) is 0 Å². The molecule has 0 amide bonds. The van der Waals surface area contributed by atoms with E-state index in [0.29, 0.717) is 0 Å². The number of alkyl halides is 2. The lowest BCUT2D eigenvalue weighted by atomic mass is 10.8. The van der Waals surface area contributed by atoms with Crippen LogP contribution in [0.15, 0.2) is 0 Å². The maximum Gasteiger partial charge on any atom is 0.508 e. The molecule has 0 aromatic carbocycles. The minimum Gasteiger partial charge on any atom is -0.450 e. The second kappa shape index (κ2) is 9.49. The Morgan fingerprint density at radius 2 is 1.71 bits per heavy atom. The Bertz CT molecular complexity index is 168. The fourth-order valence-electron chi connectivity index (χ4n) is 0.291. The zero-order valence-electron chi connectivity index (χ0n) is 7.27. The van der Waals surface area contributed by atoms with Crippen molar-refractivity contribution < 1.29 is 38.1 Å². The third kappa shape index (κ3) is 22.4. The van der Waals surface area contributed by atoms with Gasteiger partial charge in [0.15, 0.2) is 6.61 Å². The Morgan fingerprint density at radius 3 is 2.00 bits per heavy atom. The van der Waals surface area contributed by atoms with Gasteiger partial charge in [0.25, 0.3) is 6.43 Å². The predicted octanol–water partition coefficient (Wildman–Crippen LogP) is 1.65. The Balaban J connectivity index is 0. The molecule has 0 heterocycles. The van der Waals surface area contributed by atoms with E-state index < -0.39 is 25.3 Å². The monoisotopic (exact) mass is 216 g/mol. The van der Waals surface area contributed by atoms with Gasteiger partial charge in [-0.05, 0) is 6.92 Å². The molecule has 0 aromatic rings. The first kappa shape index (κ1) is 14.9. The summed E-state index contributed by atoms with van der Waals surface area (Å²) < 4.78 is 30.7. The summed E-state index contributed by atoms with van der Waals surface area (Å²) in [5.74, 6) is 0. The summed E-state index contributed by atoms with van der Waals surface area (Å²) in [5.41, 5.74) is 0. The summed E-state index contributed by atoms with van der Waals surface area (Å²) in [6.07, 6.45) is -5.52. The van der Waals surface area contributed by atoms with Crippen molar-refractivity contribution in [2.75, 3.05) is 13.2 Å². The van der Waals surface area contributed by atoms with Crippen molar-refractivity contribution in [2.24, 2.45) is 0 Å². The molecule has 0 aliphatic carbocycles. The standard InChI is InChI=1S/C5H8F2O3.CH2O3/c1-2-9-5(8)10-3-4(6)7;2-1(3)4/h4H,2-3H2,1H3;(H2,2,3,4). The smallest absolute Gasteiger partial charge is 0.450 e. The van der Waals surface area contributed by atoms with Crippen molar-refractivity contribution in [3.8, 4) is 0 Å². The summed E-state index contributed by atoms with van der Waals surface area (Å²) in [7, 11) is 0. The molecule has 8 heteroatoms. The summed E-state index contributed by atoms with van der Waals surface area (Å²) in [4.78, 5) is 18.7. The van der Waals surface area contributed by atoms with Gasteiger partial charge >= 0.3 is 12.3 Å². The van der Waals surface area contributed by atoms with Gasteiger partial charge in [0, 0.05) is 0 Å². The molecule has 0 atom stereocenters. The van der Waals surface area contributed by atoms with Crippen LogP contribution < -0.4 is 0 Å². The molecule has 0 unspecified atom stereocenters. The lowest BCUT2D eigenvalue weighted by Gasteiger charge is -2.01. The molecule has 0 aliphatic rings. The Hall–Kier alpha value is -1.60. The van der Waals surface area contributed by atoms with E-state index in [2.05, 4.69) is 9.47 Å². The highest BCUT2D eigenvalue weighted by Crippen LogP contribution is 1.94. The highest BCUT2D eigenvalue weighted by molar-refractivity contribution is 5.59. The molecule has 0 saturated heterocycles. The second-order valence-electron chi connectivity index (χ2n) is 1.67. The van der Waals surface area contributed by atoms with Crippen LogP contribution in [0.2, 0.25) is 0 Å². The third-order valence-electron chi connectivity index (χ3n) is 0.589. The van der Waals surface area contributed by atoms with Gasteiger partial charge in [0.05, 0.1) is 6.61 Å². The van der Waals surface area contributed by atoms with E-state index >= 15 is 0 Å². The molecule has 14 heavy (non-hydrogen) atoms. The normalized spacial score (nSPS) is 8.57. The number of ether oxygens (including phenoxy) is 2. The van der Waals surface area contributed by atoms with E-state index in [-0.39, 0.29) is 6.61 Å².